The number of allylic oxidation sites excluding steroid dienone is 1. The molecular formula is C36H40FN5O3S2. The number of carboxylic acids is 1. The van der Waals surface area contributed by atoms with E-state index in [0.29, 0.717) is 54.0 Å². The van der Waals surface area contributed by atoms with E-state index in [2.05, 4.69) is 41.9 Å². The SMILES string of the molecule is CC/C1=C(\N(C)N)CSCc2cc(n(CC)n2)CSc2cc(c3ccccc3c2)OCCCc2c(C(=O)O)n(C)c3c1c(F)ccc23. The van der Waals surface area contributed by atoms with Crippen LogP contribution in [0.25, 0.3) is 27.2 Å². The maximum atomic E-state index is 15.9. The largest absolute Gasteiger partial charge is 0.493 e. The average molecular weight is 674 g/mol. The first kappa shape index (κ1) is 33.0. The molecule has 246 valence electrons. The van der Waals surface area contributed by atoms with Crippen LogP contribution >= 0.6 is 23.5 Å². The van der Waals surface area contributed by atoms with Gasteiger partial charge in [-0.25, -0.2) is 15.0 Å². The number of nitrogens with two attached hydrogens (primary N) is 1. The molecule has 2 aromatic heterocycles. The minimum absolute atomic E-state index is 0.160. The van der Waals surface area contributed by atoms with Gasteiger partial charge in [-0.05, 0) is 73.0 Å². The summed E-state index contributed by atoms with van der Waals surface area (Å²) >= 11 is 3.43. The smallest absolute Gasteiger partial charge is 0.352 e. The molecule has 0 spiro atoms. The molecule has 8 bridgehead atoms. The van der Waals surface area contributed by atoms with Gasteiger partial charge in [0, 0.05) is 70.5 Å². The number of rotatable bonds is 4. The first-order chi connectivity index (χ1) is 22.7. The van der Waals surface area contributed by atoms with Crippen LogP contribution in [-0.4, -0.2) is 49.8 Å². The number of halogens is 1. The minimum atomic E-state index is -1.05. The lowest BCUT2D eigenvalue weighted by Gasteiger charge is -2.22. The van der Waals surface area contributed by atoms with Crippen LogP contribution in [0.1, 0.15) is 59.7 Å². The highest BCUT2D eigenvalue weighted by Gasteiger charge is 2.26. The third-order valence-electron chi connectivity index (χ3n) is 8.76. The predicted octanol–water partition coefficient (Wildman–Crippen LogP) is 7.86. The van der Waals surface area contributed by atoms with Crippen LogP contribution in [0.2, 0.25) is 0 Å². The molecule has 5 aromatic rings. The van der Waals surface area contributed by atoms with E-state index in [0.717, 1.165) is 61.8 Å². The van der Waals surface area contributed by atoms with Gasteiger partial charge in [-0.2, -0.15) is 5.10 Å². The molecule has 8 nitrogen and oxygen atoms in total. The zero-order valence-electron chi connectivity index (χ0n) is 27.2. The molecular weight excluding hydrogens is 634 g/mol. The third-order valence-corrected chi connectivity index (χ3v) is 10.7. The number of thioether (sulfide) groups is 2. The Balaban J connectivity index is 1.49. The normalized spacial score (nSPS) is 16.3. The predicted molar refractivity (Wildman–Crippen MR) is 190 cm³/mol. The molecule has 0 aliphatic carbocycles. The Hall–Kier alpha value is -3.93. The number of benzene rings is 3. The fourth-order valence-electron chi connectivity index (χ4n) is 6.61. The zero-order valence-corrected chi connectivity index (χ0v) is 28.8. The number of carboxylic acid groups (broad SMARTS) is 1. The summed E-state index contributed by atoms with van der Waals surface area (Å²) in [5.41, 5.74) is 5.47. The van der Waals surface area contributed by atoms with Crippen LogP contribution in [0.3, 0.4) is 0 Å². The number of hydrogen-bond donors (Lipinski definition) is 2. The summed E-state index contributed by atoms with van der Waals surface area (Å²) in [7, 11) is 3.47. The first-order valence-electron chi connectivity index (χ1n) is 15.9. The Labute approximate surface area is 282 Å². The lowest BCUT2D eigenvalue weighted by atomic mass is 9.96. The summed E-state index contributed by atoms with van der Waals surface area (Å²) in [6.07, 6.45) is 1.56. The summed E-state index contributed by atoms with van der Waals surface area (Å²) in [6, 6.07) is 17.8. The maximum Gasteiger partial charge on any atom is 0.352 e. The van der Waals surface area contributed by atoms with Crippen LogP contribution in [0, 0.1) is 5.82 Å². The van der Waals surface area contributed by atoms with Crippen molar-refractivity contribution >= 4 is 56.7 Å². The lowest BCUT2D eigenvalue weighted by Crippen LogP contribution is -2.28. The molecule has 1 aliphatic rings. The second-order valence-corrected chi connectivity index (χ2v) is 13.8. The molecule has 47 heavy (non-hydrogen) atoms. The Bertz CT molecular complexity index is 2000. The fourth-order valence-corrected chi connectivity index (χ4v) is 8.58. The Morgan fingerprint density at radius 2 is 1.91 bits per heavy atom. The number of hydrazine groups is 1. The Morgan fingerprint density at radius 3 is 2.66 bits per heavy atom. The highest BCUT2D eigenvalue weighted by atomic mass is 32.2. The average Bonchev–Trinajstić information content (AvgIpc) is 3.58. The maximum absolute atomic E-state index is 15.9. The number of hydrogen-bond acceptors (Lipinski definition) is 7. The molecule has 3 N–H and O–H groups in total. The van der Waals surface area contributed by atoms with Crippen LogP contribution in [-0.2, 0) is 31.5 Å². The van der Waals surface area contributed by atoms with Gasteiger partial charge >= 0.3 is 5.97 Å². The molecule has 0 saturated heterocycles. The summed E-state index contributed by atoms with van der Waals surface area (Å²) in [6.45, 7) is 5.24. The quantitative estimate of drug-likeness (QED) is 0.147. The molecule has 1 aliphatic heterocycles. The van der Waals surface area contributed by atoms with Gasteiger partial charge in [0.15, 0.2) is 0 Å². The molecule has 0 atom stereocenters. The Kier molecular flexibility index (Phi) is 9.86. The molecule has 0 fully saturated rings. The number of carbonyl (C=O) groups is 1. The summed E-state index contributed by atoms with van der Waals surface area (Å²) < 4.78 is 26.0. The molecule has 6 rings (SSSR count). The Morgan fingerprint density at radius 1 is 1.11 bits per heavy atom. The molecule has 3 aromatic carbocycles. The van der Waals surface area contributed by atoms with Crippen molar-refractivity contribution in [1.82, 2.24) is 19.4 Å². The molecule has 0 radical (unpaired) electrons. The second-order valence-electron chi connectivity index (χ2n) is 11.7. The topological polar surface area (TPSA) is 98.5 Å². The number of aromatic nitrogens is 3. The van der Waals surface area contributed by atoms with E-state index >= 15 is 4.39 Å². The van der Waals surface area contributed by atoms with E-state index in [-0.39, 0.29) is 5.69 Å². The van der Waals surface area contributed by atoms with Crippen molar-refractivity contribution in [3.05, 3.63) is 94.3 Å². The van der Waals surface area contributed by atoms with Gasteiger partial charge in [-0.3, -0.25) is 4.68 Å². The zero-order chi connectivity index (χ0) is 33.2. The van der Waals surface area contributed by atoms with E-state index in [1.54, 1.807) is 53.3 Å². The molecule has 3 heterocycles. The fraction of sp³-hybridized carbons (Fsp3) is 0.333. The van der Waals surface area contributed by atoms with Gasteiger partial charge in [0.2, 0.25) is 0 Å². The molecule has 0 unspecified atom stereocenters. The van der Waals surface area contributed by atoms with Gasteiger partial charge in [-0.15, -0.1) is 23.5 Å². The van der Waals surface area contributed by atoms with Crippen molar-refractivity contribution < 1.29 is 19.0 Å². The van der Waals surface area contributed by atoms with Crippen molar-refractivity contribution in [3.63, 3.8) is 0 Å². The highest BCUT2D eigenvalue weighted by Crippen LogP contribution is 2.38. The first-order valence-corrected chi connectivity index (χ1v) is 18.0. The van der Waals surface area contributed by atoms with Crippen molar-refractivity contribution in [1.29, 1.82) is 0 Å². The van der Waals surface area contributed by atoms with Crippen molar-refractivity contribution in [2.75, 3.05) is 19.4 Å². The number of aromatic carboxylic acids is 1. The van der Waals surface area contributed by atoms with Gasteiger partial charge in [0.05, 0.1) is 17.8 Å². The minimum Gasteiger partial charge on any atom is -0.493 e. The van der Waals surface area contributed by atoms with Crippen molar-refractivity contribution in [2.45, 2.75) is 56.1 Å². The van der Waals surface area contributed by atoms with Gasteiger partial charge < -0.3 is 19.4 Å². The molecule has 0 saturated carbocycles. The molecule has 0 amide bonds. The van der Waals surface area contributed by atoms with E-state index < -0.39 is 11.8 Å². The molecule has 11 heteroatoms. The van der Waals surface area contributed by atoms with E-state index in [1.165, 1.54) is 6.07 Å². The highest BCUT2D eigenvalue weighted by molar-refractivity contribution is 7.98. The van der Waals surface area contributed by atoms with Crippen LogP contribution in [0.5, 0.6) is 5.75 Å². The summed E-state index contributed by atoms with van der Waals surface area (Å²) in [5, 5.41) is 19.7. The summed E-state index contributed by atoms with van der Waals surface area (Å²) in [4.78, 5) is 13.8. The summed E-state index contributed by atoms with van der Waals surface area (Å²) in [5.74, 6) is 7.72. The van der Waals surface area contributed by atoms with Gasteiger partial charge in [-0.1, -0.05) is 31.2 Å². The number of nitrogens with zero attached hydrogens (tertiary/aromatic N) is 4. The standard InChI is InChI=1S/C36H40FN5O3S2/c1-5-26-31(41(4)38)21-46-19-23-17-24(42(6-2)39-23)20-47-25-16-22-10-7-8-11-27(22)32(18-25)45-15-9-12-28-29-13-14-30(37)33(26)34(29)40(3)35(28)36(43)44/h7-8,10-11,13-14,16-18H,5-6,9,12,15,19-21,38H2,1-4H3,(H,43,44)/b31-26+. The number of ether oxygens (including phenoxy) is 1. The lowest BCUT2D eigenvalue weighted by molar-refractivity contribution is 0.0685. The van der Waals surface area contributed by atoms with Crippen LogP contribution in [0.4, 0.5) is 4.39 Å². The van der Waals surface area contributed by atoms with E-state index in [1.807, 2.05) is 19.1 Å². The van der Waals surface area contributed by atoms with E-state index in [4.69, 9.17) is 15.7 Å². The second kappa shape index (κ2) is 14.0. The third kappa shape index (κ3) is 6.48. The van der Waals surface area contributed by atoms with Crippen LogP contribution in [0.15, 0.2) is 65.2 Å². The van der Waals surface area contributed by atoms with Crippen molar-refractivity contribution in [2.24, 2.45) is 12.9 Å². The monoisotopic (exact) mass is 673 g/mol. The van der Waals surface area contributed by atoms with Gasteiger partial charge in [0.25, 0.3) is 0 Å². The number of fused-ring (bicyclic) bond motifs is 6. The van der Waals surface area contributed by atoms with E-state index in [9.17, 15) is 9.90 Å². The number of aryl methyl sites for hydroxylation is 3. The van der Waals surface area contributed by atoms with Gasteiger partial charge in [0.1, 0.15) is 17.3 Å². The van der Waals surface area contributed by atoms with Crippen LogP contribution < -0.4 is 10.6 Å². The van der Waals surface area contributed by atoms with Crippen molar-refractivity contribution in [3.8, 4) is 5.75 Å².